The second kappa shape index (κ2) is 6.45. The van der Waals surface area contributed by atoms with E-state index in [9.17, 15) is 14.4 Å². The number of hydrogen-bond acceptors (Lipinski definition) is 6. The quantitative estimate of drug-likeness (QED) is 0.627. The normalized spacial score (nSPS) is 17.5. The molecule has 0 unspecified atom stereocenters. The van der Waals surface area contributed by atoms with Crippen molar-refractivity contribution >= 4 is 35.0 Å². The second-order valence-corrected chi connectivity index (χ2v) is 5.48. The number of imide groups is 1. The largest absolute Gasteiger partial charge is 0.467 e. The van der Waals surface area contributed by atoms with Crippen molar-refractivity contribution in [2.75, 3.05) is 7.11 Å². The summed E-state index contributed by atoms with van der Waals surface area (Å²) in [4.78, 5) is 36.8. The summed E-state index contributed by atoms with van der Waals surface area (Å²) >= 11 is 0.769. The highest BCUT2D eigenvalue weighted by molar-refractivity contribution is 8.18. The van der Waals surface area contributed by atoms with Crippen LogP contribution in [0.5, 0.6) is 0 Å². The number of nitrogens with zero attached hydrogens (tertiary/aromatic N) is 2. The highest BCUT2D eigenvalue weighted by atomic mass is 32.2. The number of hydrogen-bond donors (Lipinski definition) is 0. The van der Waals surface area contributed by atoms with Gasteiger partial charge < -0.3 is 4.74 Å². The minimum atomic E-state index is -0.968. The fraction of sp³-hybridized carbons (Fsp3) is 0.200. The van der Waals surface area contributed by atoms with Gasteiger partial charge in [-0.25, -0.2) is 4.79 Å². The van der Waals surface area contributed by atoms with Crippen molar-refractivity contribution in [3.05, 3.63) is 40.3 Å². The molecule has 1 fully saturated rings. The Hall–Kier alpha value is -2.59. The van der Waals surface area contributed by atoms with Crippen molar-refractivity contribution in [3.63, 3.8) is 0 Å². The minimum absolute atomic E-state index is 0.227. The predicted molar refractivity (Wildman–Crippen MR) is 80.4 cm³/mol. The van der Waals surface area contributed by atoms with Crippen LogP contribution < -0.4 is 0 Å². The van der Waals surface area contributed by atoms with Gasteiger partial charge in [0, 0.05) is 0 Å². The monoisotopic (exact) mass is 316 g/mol. The number of carbonyl (C=O) groups is 3. The SMILES string of the molecule is COC(=O)[C@@H](C)N1C(=O)S/C(=C\c2ccc(C#N)cc2)C1=O. The van der Waals surface area contributed by atoms with Crippen LogP contribution in [-0.4, -0.2) is 35.2 Å². The van der Waals surface area contributed by atoms with E-state index in [0.29, 0.717) is 11.1 Å². The first-order chi connectivity index (χ1) is 10.5. The van der Waals surface area contributed by atoms with Crippen molar-refractivity contribution in [3.8, 4) is 6.07 Å². The van der Waals surface area contributed by atoms with Crippen LogP contribution >= 0.6 is 11.8 Å². The third-order valence-corrected chi connectivity index (χ3v) is 3.97. The molecule has 0 bridgehead atoms. The fourth-order valence-corrected chi connectivity index (χ4v) is 2.80. The van der Waals surface area contributed by atoms with Crippen LogP contribution in [0.4, 0.5) is 4.79 Å². The van der Waals surface area contributed by atoms with Gasteiger partial charge in [-0.3, -0.25) is 14.5 Å². The number of amides is 2. The molecule has 112 valence electrons. The first kappa shape index (κ1) is 15.8. The maximum absolute atomic E-state index is 12.3. The van der Waals surface area contributed by atoms with E-state index in [4.69, 9.17) is 5.26 Å². The van der Waals surface area contributed by atoms with Gasteiger partial charge in [-0.1, -0.05) is 12.1 Å². The topological polar surface area (TPSA) is 87.5 Å². The van der Waals surface area contributed by atoms with E-state index >= 15 is 0 Å². The molecule has 0 radical (unpaired) electrons. The molecule has 0 aromatic heterocycles. The molecule has 1 atom stereocenters. The maximum Gasteiger partial charge on any atom is 0.328 e. The Kier molecular flexibility index (Phi) is 4.63. The summed E-state index contributed by atoms with van der Waals surface area (Å²) in [5, 5.41) is 8.23. The highest BCUT2D eigenvalue weighted by Gasteiger charge is 2.41. The molecule has 7 heteroatoms. The molecule has 6 nitrogen and oxygen atoms in total. The third kappa shape index (κ3) is 3.02. The summed E-state index contributed by atoms with van der Waals surface area (Å²) in [5.74, 6) is -1.18. The van der Waals surface area contributed by atoms with Crippen LogP contribution in [-0.2, 0) is 14.3 Å². The summed E-state index contributed by atoms with van der Waals surface area (Å²) in [6.07, 6.45) is 1.55. The lowest BCUT2D eigenvalue weighted by Gasteiger charge is -2.18. The van der Waals surface area contributed by atoms with E-state index in [1.54, 1.807) is 30.3 Å². The first-order valence-corrected chi connectivity index (χ1v) is 7.14. The lowest BCUT2D eigenvalue weighted by Crippen LogP contribution is -2.42. The predicted octanol–water partition coefficient (Wildman–Crippen LogP) is 2.16. The number of nitriles is 1. The Morgan fingerprint density at radius 1 is 1.36 bits per heavy atom. The van der Waals surface area contributed by atoms with Gasteiger partial charge in [-0.2, -0.15) is 5.26 Å². The lowest BCUT2D eigenvalue weighted by atomic mass is 10.1. The Morgan fingerprint density at radius 2 is 2.00 bits per heavy atom. The Labute approximate surface area is 131 Å². The van der Waals surface area contributed by atoms with E-state index in [0.717, 1.165) is 16.7 Å². The molecular weight excluding hydrogens is 304 g/mol. The van der Waals surface area contributed by atoms with E-state index in [1.165, 1.54) is 14.0 Å². The standard InChI is InChI=1S/C15H12N2O4S/c1-9(14(19)21-2)17-13(18)12(22-15(17)20)7-10-3-5-11(8-16)6-4-10/h3-7,9H,1-2H3/b12-7-/t9-/m1/s1. The summed E-state index contributed by atoms with van der Waals surface area (Å²) in [5.41, 5.74) is 1.19. The molecule has 0 spiro atoms. The number of benzene rings is 1. The van der Waals surface area contributed by atoms with Crippen LogP contribution in [0.2, 0.25) is 0 Å². The summed E-state index contributed by atoms with van der Waals surface area (Å²) in [6.45, 7) is 1.44. The van der Waals surface area contributed by atoms with Gasteiger partial charge in [0.15, 0.2) is 0 Å². The van der Waals surface area contributed by atoms with Gasteiger partial charge in [-0.05, 0) is 42.5 Å². The third-order valence-electron chi connectivity index (χ3n) is 3.09. The summed E-state index contributed by atoms with van der Waals surface area (Å²) in [7, 11) is 1.20. The molecule has 1 aromatic rings. The molecule has 1 aliphatic rings. The van der Waals surface area contributed by atoms with E-state index in [-0.39, 0.29) is 4.91 Å². The zero-order chi connectivity index (χ0) is 16.3. The molecule has 0 saturated carbocycles. The van der Waals surface area contributed by atoms with Gasteiger partial charge in [0.05, 0.1) is 23.6 Å². The van der Waals surface area contributed by atoms with E-state index < -0.39 is 23.2 Å². The molecular formula is C15H12N2O4S. The van der Waals surface area contributed by atoms with E-state index in [2.05, 4.69) is 4.74 Å². The molecule has 1 saturated heterocycles. The zero-order valence-corrected chi connectivity index (χ0v) is 12.7. The fourth-order valence-electron chi connectivity index (χ4n) is 1.89. The smallest absolute Gasteiger partial charge is 0.328 e. The molecule has 22 heavy (non-hydrogen) atoms. The lowest BCUT2D eigenvalue weighted by molar-refractivity contribution is -0.148. The molecule has 2 amide bonds. The number of ether oxygens (including phenoxy) is 1. The number of methoxy groups -OCH3 is 1. The van der Waals surface area contributed by atoms with Gasteiger partial charge in [0.1, 0.15) is 6.04 Å². The highest BCUT2D eigenvalue weighted by Crippen LogP contribution is 2.33. The first-order valence-electron chi connectivity index (χ1n) is 6.33. The summed E-state index contributed by atoms with van der Waals surface area (Å²) in [6, 6.07) is 7.62. The number of rotatable bonds is 3. The Balaban J connectivity index is 2.25. The summed E-state index contributed by atoms with van der Waals surface area (Å²) < 4.78 is 4.56. The van der Waals surface area contributed by atoms with Crippen molar-refractivity contribution in [2.24, 2.45) is 0 Å². The van der Waals surface area contributed by atoms with Gasteiger partial charge in [-0.15, -0.1) is 0 Å². The van der Waals surface area contributed by atoms with Crippen molar-refractivity contribution in [1.82, 2.24) is 4.90 Å². The zero-order valence-electron chi connectivity index (χ0n) is 11.9. The van der Waals surface area contributed by atoms with Crippen LogP contribution in [0, 0.1) is 11.3 Å². The number of carbonyl (C=O) groups excluding carboxylic acids is 3. The minimum Gasteiger partial charge on any atom is -0.467 e. The average Bonchev–Trinajstić information content (AvgIpc) is 2.80. The number of thioether (sulfide) groups is 1. The molecule has 1 heterocycles. The number of esters is 1. The molecule has 0 N–H and O–H groups in total. The van der Waals surface area contributed by atoms with E-state index in [1.807, 2.05) is 6.07 Å². The van der Waals surface area contributed by atoms with Crippen molar-refractivity contribution in [1.29, 1.82) is 5.26 Å². The van der Waals surface area contributed by atoms with Crippen molar-refractivity contribution in [2.45, 2.75) is 13.0 Å². The Bertz CT molecular complexity index is 703. The van der Waals surface area contributed by atoms with Crippen LogP contribution in [0.25, 0.3) is 6.08 Å². The van der Waals surface area contributed by atoms with Gasteiger partial charge in [0.2, 0.25) is 0 Å². The van der Waals surface area contributed by atoms with Crippen LogP contribution in [0.1, 0.15) is 18.1 Å². The molecule has 1 aromatic carbocycles. The maximum atomic E-state index is 12.3. The Morgan fingerprint density at radius 3 is 2.55 bits per heavy atom. The molecule has 1 aliphatic heterocycles. The van der Waals surface area contributed by atoms with Gasteiger partial charge in [0.25, 0.3) is 11.1 Å². The molecule has 2 rings (SSSR count). The second-order valence-electron chi connectivity index (χ2n) is 4.48. The van der Waals surface area contributed by atoms with Crippen LogP contribution in [0.15, 0.2) is 29.2 Å². The van der Waals surface area contributed by atoms with Crippen molar-refractivity contribution < 1.29 is 19.1 Å². The molecule has 0 aliphatic carbocycles. The van der Waals surface area contributed by atoms with Crippen LogP contribution in [0.3, 0.4) is 0 Å². The van der Waals surface area contributed by atoms with Gasteiger partial charge >= 0.3 is 5.97 Å². The average molecular weight is 316 g/mol.